The fraction of sp³-hybridized carbons (Fsp3) is 0.512. The van der Waals surface area contributed by atoms with Crippen LogP contribution in [-0.2, 0) is 11.2 Å². The lowest BCUT2D eigenvalue weighted by molar-refractivity contribution is 0.00489. The first-order valence-electron chi connectivity index (χ1n) is 18.9. The van der Waals surface area contributed by atoms with Crippen molar-refractivity contribution in [3.05, 3.63) is 47.2 Å². The Morgan fingerprint density at radius 1 is 1.13 bits per heavy atom. The van der Waals surface area contributed by atoms with Gasteiger partial charge < -0.3 is 19.5 Å². The van der Waals surface area contributed by atoms with E-state index in [1.54, 1.807) is 0 Å². The van der Waals surface area contributed by atoms with E-state index in [1.807, 2.05) is 25.7 Å². The molecule has 1 unspecified atom stereocenters. The Morgan fingerprint density at radius 2 is 1.94 bits per heavy atom. The summed E-state index contributed by atoms with van der Waals surface area (Å²) in [5.41, 5.74) is -0.765. The summed E-state index contributed by atoms with van der Waals surface area (Å²) in [4.78, 5) is 34.5. The molecule has 1 amide bonds. The number of carbonyl (C=O) groups is 1. The zero-order valence-corrected chi connectivity index (χ0v) is 30.8. The van der Waals surface area contributed by atoms with Gasteiger partial charge in [-0.25, -0.2) is 22.9 Å². The average molecular weight is 741 g/mol. The van der Waals surface area contributed by atoms with E-state index in [9.17, 15) is 14.3 Å². The van der Waals surface area contributed by atoms with Gasteiger partial charge in [-0.15, -0.1) is 6.42 Å². The maximum absolute atomic E-state index is 17.4. The number of benzene rings is 2. The van der Waals surface area contributed by atoms with Crippen LogP contribution in [0, 0.1) is 29.9 Å². The van der Waals surface area contributed by atoms with Crippen molar-refractivity contribution in [1.82, 2.24) is 24.8 Å². The summed E-state index contributed by atoms with van der Waals surface area (Å²) in [6, 6.07) is 4.85. The lowest BCUT2D eigenvalue weighted by atomic mass is 9.88. The van der Waals surface area contributed by atoms with Crippen LogP contribution in [0.25, 0.3) is 32.9 Å². The normalized spacial score (nSPS) is 27.6. The predicted molar refractivity (Wildman–Crippen MR) is 197 cm³/mol. The molecule has 0 saturated carbocycles. The number of terminal acetylenes is 1. The Hall–Kier alpha value is -4.83. The molecule has 2 aromatic heterocycles. The number of alkyl halides is 1. The maximum atomic E-state index is 17.4. The first-order chi connectivity index (χ1) is 25.7. The second kappa shape index (κ2) is 12.3. The third-order valence-corrected chi connectivity index (χ3v) is 12.2. The Kier molecular flexibility index (Phi) is 7.98. The van der Waals surface area contributed by atoms with Gasteiger partial charge in [-0.05, 0) is 88.9 Å². The zero-order valence-electron chi connectivity index (χ0n) is 30.8. The minimum atomic E-state index is -0.960. The molecule has 0 radical (unpaired) electrons. The topological polar surface area (TPSA) is 104 Å². The Bertz CT molecular complexity index is 2270. The van der Waals surface area contributed by atoms with Crippen molar-refractivity contribution in [2.24, 2.45) is 5.92 Å². The number of hydrogen-bond donors (Lipinski definition) is 1. The molecule has 7 heterocycles. The predicted octanol–water partition coefficient (Wildman–Crippen LogP) is 6.91. The fourth-order valence-corrected chi connectivity index (χ4v) is 10.1. The molecular formula is C41H43F3N6O4. The van der Waals surface area contributed by atoms with Gasteiger partial charge in [0.2, 0.25) is 0 Å². The summed E-state index contributed by atoms with van der Waals surface area (Å²) in [6.45, 7) is 9.35. The van der Waals surface area contributed by atoms with Crippen molar-refractivity contribution in [3.8, 4) is 35.4 Å². The highest BCUT2D eigenvalue weighted by Gasteiger charge is 2.53. The molecule has 282 valence electrons. The largest absolute Gasteiger partial charge is 0.508 e. The molecule has 1 N–H and O–H groups in total. The molecule has 54 heavy (non-hydrogen) atoms. The molecule has 9 rings (SSSR count). The third-order valence-electron chi connectivity index (χ3n) is 12.2. The second-order valence-electron chi connectivity index (χ2n) is 16.8. The number of amides is 1. The van der Waals surface area contributed by atoms with Crippen molar-refractivity contribution >= 4 is 33.6 Å². The number of piperazine rings is 1. The van der Waals surface area contributed by atoms with Gasteiger partial charge >= 0.3 is 12.1 Å². The first-order valence-corrected chi connectivity index (χ1v) is 18.9. The van der Waals surface area contributed by atoms with Crippen LogP contribution in [0.2, 0.25) is 0 Å². The van der Waals surface area contributed by atoms with E-state index >= 15 is 8.78 Å². The van der Waals surface area contributed by atoms with Gasteiger partial charge in [-0.3, -0.25) is 9.80 Å². The maximum Gasteiger partial charge on any atom is 0.410 e. The van der Waals surface area contributed by atoms with Crippen LogP contribution in [-0.4, -0.2) is 97.6 Å². The van der Waals surface area contributed by atoms with Crippen molar-refractivity contribution < 1.29 is 32.5 Å². The molecule has 4 fully saturated rings. The van der Waals surface area contributed by atoms with Crippen molar-refractivity contribution in [2.75, 3.05) is 31.1 Å². The van der Waals surface area contributed by atoms with Crippen LogP contribution < -0.4 is 9.64 Å². The van der Waals surface area contributed by atoms with Crippen LogP contribution in [0.5, 0.6) is 11.8 Å². The van der Waals surface area contributed by atoms with Crippen molar-refractivity contribution in [1.29, 1.82) is 0 Å². The van der Waals surface area contributed by atoms with Gasteiger partial charge in [0.05, 0.1) is 40.3 Å². The highest BCUT2D eigenvalue weighted by Crippen LogP contribution is 2.48. The molecule has 0 aliphatic carbocycles. The Morgan fingerprint density at radius 3 is 2.72 bits per heavy atom. The summed E-state index contributed by atoms with van der Waals surface area (Å²) >= 11 is 0. The lowest BCUT2D eigenvalue weighted by Crippen LogP contribution is -2.63. The fourth-order valence-electron chi connectivity index (χ4n) is 10.1. The van der Waals surface area contributed by atoms with Crippen molar-refractivity contribution in [3.63, 3.8) is 0 Å². The standard InChI is InChI=1S/C41H43F3N6O4/c1-6-26-28(43)10-8-22-15-25(51)16-27(31(22)26)34-33(44)35-32-29(45-34)14-21(2)36-30-11-9-24(50(30)39(52)54-40(3,4)5)19-49(36)37(32)47-38(46-35)53-20-41-12-7-13-48(41)18-23(42)17-41/h1,8,10,15-16,21,23-24,30,36,51H,7,9,11-14,17-20H2,2-5H3/t21-,23+,24+,30-,36-,41?/m0/s1. The van der Waals surface area contributed by atoms with Gasteiger partial charge in [0, 0.05) is 30.5 Å². The minimum Gasteiger partial charge on any atom is -0.508 e. The van der Waals surface area contributed by atoms with E-state index in [1.165, 1.54) is 24.3 Å². The molecule has 10 nitrogen and oxygen atoms in total. The van der Waals surface area contributed by atoms with E-state index in [0.717, 1.165) is 32.2 Å². The lowest BCUT2D eigenvalue weighted by Gasteiger charge is -2.49. The van der Waals surface area contributed by atoms with E-state index in [4.69, 9.17) is 30.8 Å². The molecule has 0 spiro atoms. The Balaban J connectivity index is 1.23. The van der Waals surface area contributed by atoms with Gasteiger partial charge in [-0.1, -0.05) is 18.9 Å². The van der Waals surface area contributed by atoms with Crippen LogP contribution in [0.1, 0.15) is 71.1 Å². The monoisotopic (exact) mass is 740 g/mol. The quantitative estimate of drug-likeness (QED) is 0.224. The number of anilines is 1. The summed E-state index contributed by atoms with van der Waals surface area (Å²) in [6.07, 6.45) is 8.44. The van der Waals surface area contributed by atoms with E-state index < -0.39 is 28.9 Å². The molecule has 4 aromatic rings. The zero-order chi connectivity index (χ0) is 37.8. The molecule has 13 heteroatoms. The number of aromatic nitrogens is 3. The third kappa shape index (κ3) is 5.42. The Labute approximate surface area is 311 Å². The molecule has 6 atom stereocenters. The van der Waals surface area contributed by atoms with Crippen LogP contribution >= 0.6 is 0 Å². The first kappa shape index (κ1) is 34.9. The van der Waals surface area contributed by atoms with E-state index in [2.05, 4.69) is 22.6 Å². The van der Waals surface area contributed by atoms with Gasteiger partial charge in [-0.2, -0.15) is 9.97 Å². The van der Waals surface area contributed by atoms with Crippen molar-refractivity contribution in [2.45, 2.75) is 102 Å². The number of carbonyl (C=O) groups excluding carboxylic acids is 1. The number of phenols is 1. The SMILES string of the molecule is C#Cc1c(F)ccc2cc(O)cc(-c3nc4c5c(nc(OCC67CCCN6C[C@H](F)C7)nc5c3F)N3C[C@H]5CC[C@@H]([C@@H]3[C@@H](C)C4)N5C(=O)OC(C)(C)C)c12. The van der Waals surface area contributed by atoms with Gasteiger partial charge in [0.1, 0.15) is 47.0 Å². The highest BCUT2D eigenvalue weighted by atomic mass is 19.1. The summed E-state index contributed by atoms with van der Waals surface area (Å²) in [5.74, 6) is 1.15. The number of halogens is 3. The number of pyridine rings is 1. The van der Waals surface area contributed by atoms with E-state index in [0.29, 0.717) is 48.2 Å². The van der Waals surface area contributed by atoms with Gasteiger partial charge in [0.25, 0.3) is 0 Å². The number of rotatable bonds is 4. The summed E-state index contributed by atoms with van der Waals surface area (Å²) < 4.78 is 59.6. The van der Waals surface area contributed by atoms with Crippen LogP contribution in [0.4, 0.5) is 23.8 Å². The molecule has 5 aliphatic heterocycles. The van der Waals surface area contributed by atoms with E-state index in [-0.39, 0.29) is 76.2 Å². The molecular weight excluding hydrogens is 697 g/mol. The molecule has 2 aromatic carbocycles. The number of ether oxygens (including phenoxy) is 2. The number of hydrogen-bond acceptors (Lipinski definition) is 9. The average Bonchev–Trinajstić information content (AvgIpc) is 3.72. The number of aromatic hydroxyl groups is 1. The highest BCUT2D eigenvalue weighted by molar-refractivity contribution is 6.03. The molecule has 2 bridgehead atoms. The number of phenolic OH excluding ortho intramolecular Hbond substituents is 1. The summed E-state index contributed by atoms with van der Waals surface area (Å²) in [7, 11) is 0. The molecule has 4 saturated heterocycles. The number of nitrogens with zero attached hydrogens (tertiary/aromatic N) is 6. The second-order valence-corrected chi connectivity index (χ2v) is 16.8. The smallest absolute Gasteiger partial charge is 0.410 e. The van der Waals surface area contributed by atoms with Gasteiger partial charge in [0.15, 0.2) is 5.82 Å². The molecule has 5 aliphatic rings. The number of fused-ring (bicyclic) bond motifs is 7. The minimum absolute atomic E-state index is 0.0320. The van der Waals surface area contributed by atoms with Crippen LogP contribution in [0.15, 0.2) is 24.3 Å². The van der Waals surface area contributed by atoms with Crippen LogP contribution in [0.3, 0.4) is 0 Å². The summed E-state index contributed by atoms with van der Waals surface area (Å²) in [5, 5.41) is 11.9.